The zero-order valence-corrected chi connectivity index (χ0v) is 8.77. The molecule has 0 amide bonds. The van der Waals surface area contributed by atoms with Gasteiger partial charge in [-0.05, 0) is 37.5 Å². The molecule has 0 heterocycles. The summed E-state index contributed by atoms with van der Waals surface area (Å²) in [6, 6.07) is 0. The first kappa shape index (κ1) is 8.74. The lowest BCUT2D eigenvalue weighted by Gasteiger charge is -2.39. The maximum atomic E-state index is 11.8. The first-order valence-corrected chi connectivity index (χ1v) is 6.33. The van der Waals surface area contributed by atoms with Crippen LogP contribution >= 0.6 is 0 Å². The van der Waals surface area contributed by atoms with Crippen molar-refractivity contribution in [3.8, 4) is 0 Å². The summed E-state index contributed by atoms with van der Waals surface area (Å²) in [6.07, 6.45) is 4.88. The summed E-state index contributed by atoms with van der Waals surface area (Å²) in [5, 5.41) is 1.13. The molecule has 0 radical (unpaired) electrons. The first-order valence-electron chi connectivity index (χ1n) is 5.06. The lowest BCUT2D eigenvalue weighted by Crippen LogP contribution is -2.41. The van der Waals surface area contributed by atoms with Gasteiger partial charge in [0.15, 0.2) is 0 Å². The topological polar surface area (TPSA) is 17.1 Å². The maximum Gasteiger partial charge on any atom is 0.0355 e. The van der Waals surface area contributed by atoms with E-state index < -0.39 is 10.8 Å². The highest BCUT2D eigenvalue weighted by Gasteiger charge is 2.38. The van der Waals surface area contributed by atoms with Crippen LogP contribution in [-0.2, 0) is 10.8 Å². The van der Waals surface area contributed by atoms with Crippen LogP contribution in [0.1, 0.15) is 39.5 Å². The molecule has 2 fully saturated rings. The summed E-state index contributed by atoms with van der Waals surface area (Å²) < 4.78 is 11.8. The molecule has 0 unspecified atom stereocenters. The van der Waals surface area contributed by atoms with Crippen LogP contribution < -0.4 is 0 Å². The van der Waals surface area contributed by atoms with Crippen LogP contribution in [0.15, 0.2) is 0 Å². The average molecular weight is 186 g/mol. The fourth-order valence-electron chi connectivity index (χ4n) is 2.31. The zero-order valence-electron chi connectivity index (χ0n) is 7.95. The van der Waals surface area contributed by atoms with Gasteiger partial charge < -0.3 is 0 Å². The van der Waals surface area contributed by atoms with E-state index in [9.17, 15) is 4.21 Å². The molecule has 0 aromatic carbocycles. The normalized spacial score (nSPS) is 49.2. The lowest BCUT2D eigenvalue weighted by molar-refractivity contribution is 0.326. The molecule has 0 N–H and O–H groups in total. The fourth-order valence-corrected chi connectivity index (χ4v) is 4.93. The first-order chi connectivity index (χ1) is 5.66. The highest BCUT2D eigenvalue weighted by Crippen LogP contribution is 2.38. The Labute approximate surface area is 77.4 Å². The summed E-state index contributed by atoms with van der Waals surface area (Å²) in [4.78, 5) is 0. The van der Waals surface area contributed by atoms with Crippen molar-refractivity contribution in [3.63, 3.8) is 0 Å². The lowest BCUT2D eigenvalue weighted by atomic mass is 9.86. The number of hydrogen-bond donors (Lipinski definition) is 0. The predicted molar refractivity (Wildman–Crippen MR) is 52.5 cm³/mol. The Kier molecular flexibility index (Phi) is 2.28. The van der Waals surface area contributed by atoms with Crippen molar-refractivity contribution in [2.24, 2.45) is 11.8 Å². The van der Waals surface area contributed by atoms with Crippen molar-refractivity contribution in [3.05, 3.63) is 0 Å². The van der Waals surface area contributed by atoms with E-state index in [1.807, 2.05) is 0 Å². The van der Waals surface area contributed by atoms with Gasteiger partial charge in [-0.25, -0.2) is 0 Å². The van der Waals surface area contributed by atoms with E-state index in [4.69, 9.17) is 0 Å². The van der Waals surface area contributed by atoms with Crippen LogP contribution in [0.2, 0.25) is 0 Å². The monoisotopic (exact) mass is 186 g/mol. The Hall–Kier alpha value is 0.150. The molecule has 2 aliphatic rings. The van der Waals surface area contributed by atoms with Gasteiger partial charge in [-0.3, -0.25) is 4.21 Å². The van der Waals surface area contributed by atoms with Gasteiger partial charge in [-0.15, -0.1) is 0 Å². The third kappa shape index (κ3) is 1.46. The molecule has 0 spiro atoms. The Morgan fingerprint density at radius 2 is 1.25 bits per heavy atom. The molecule has 0 bridgehead atoms. The summed E-state index contributed by atoms with van der Waals surface area (Å²) >= 11 is 0. The van der Waals surface area contributed by atoms with Crippen LogP contribution in [0.4, 0.5) is 0 Å². The fraction of sp³-hybridized carbons (Fsp3) is 1.00. The van der Waals surface area contributed by atoms with E-state index in [2.05, 4.69) is 13.8 Å². The number of hydrogen-bond acceptors (Lipinski definition) is 1. The molecule has 2 heteroatoms. The van der Waals surface area contributed by atoms with Crippen molar-refractivity contribution in [2.75, 3.05) is 0 Å². The third-order valence-corrected chi connectivity index (χ3v) is 5.40. The second-order valence-electron chi connectivity index (χ2n) is 4.73. The standard InChI is InChI=1S/C10H18OS/c1-7-3-9(4-7)12(11)10-5-8(2)6-10/h7-10H,3-6H2,1-2H3. The molecule has 1 nitrogen and oxygen atoms in total. The summed E-state index contributed by atoms with van der Waals surface area (Å²) in [5.41, 5.74) is 0. The van der Waals surface area contributed by atoms with Gasteiger partial charge in [0, 0.05) is 21.3 Å². The predicted octanol–water partition coefficient (Wildman–Crippen LogP) is 2.33. The molecule has 12 heavy (non-hydrogen) atoms. The SMILES string of the molecule is CC1CC(S(=O)C2CC(C)C2)C1. The molecule has 0 aliphatic heterocycles. The largest absolute Gasteiger partial charge is 0.259 e. The van der Waals surface area contributed by atoms with Crippen molar-refractivity contribution in [1.82, 2.24) is 0 Å². The Bertz CT molecular complexity index is 170. The average Bonchev–Trinajstić information content (AvgIpc) is 1.91. The quantitative estimate of drug-likeness (QED) is 0.647. The van der Waals surface area contributed by atoms with Crippen LogP contribution in [0.25, 0.3) is 0 Å². The number of rotatable bonds is 2. The molecule has 2 aliphatic carbocycles. The molecule has 2 rings (SSSR count). The van der Waals surface area contributed by atoms with Gasteiger partial charge >= 0.3 is 0 Å². The van der Waals surface area contributed by atoms with E-state index in [0.717, 1.165) is 11.8 Å². The van der Waals surface area contributed by atoms with Crippen LogP contribution in [0.3, 0.4) is 0 Å². The Balaban J connectivity index is 1.78. The van der Waals surface area contributed by atoms with E-state index in [1.165, 1.54) is 25.7 Å². The highest BCUT2D eigenvalue weighted by molar-refractivity contribution is 7.86. The molecule has 70 valence electrons. The second-order valence-corrected chi connectivity index (χ2v) is 6.72. The van der Waals surface area contributed by atoms with Gasteiger partial charge in [0.05, 0.1) is 0 Å². The van der Waals surface area contributed by atoms with E-state index in [1.54, 1.807) is 0 Å². The Morgan fingerprint density at radius 3 is 1.50 bits per heavy atom. The summed E-state index contributed by atoms with van der Waals surface area (Å²) in [7, 11) is -0.477. The minimum absolute atomic E-state index is 0.477. The third-order valence-electron chi connectivity index (χ3n) is 3.32. The zero-order chi connectivity index (χ0) is 8.72. The van der Waals surface area contributed by atoms with Crippen LogP contribution in [0.5, 0.6) is 0 Å². The molecule has 2 saturated carbocycles. The van der Waals surface area contributed by atoms with Gasteiger partial charge in [0.1, 0.15) is 0 Å². The Morgan fingerprint density at radius 1 is 0.917 bits per heavy atom. The van der Waals surface area contributed by atoms with E-state index in [0.29, 0.717) is 10.5 Å². The molecular formula is C10H18OS. The second kappa shape index (κ2) is 3.13. The van der Waals surface area contributed by atoms with Crippen LogP contribution in [0, 0.1) is 11.8 Å². The van der Waals surface area contributed by atoms with E-state index in [-0.39, 0.29) is 0 Å². The molecular weight excluding hydrogens is 168 g/mol. The smallest absolute Gasteiger partial charge is 0.0355 e. The highest BCUT2D eigenvalue weighted by atomic mass is 32.2. The van der Waals surface area contributed by atoms with Gasteiger partial charge in [-0.1, -0.05) is 13.8 Å². The van der Waals surface area contributed by atoms with Crippen molar-refractivity contribution >= 4 is 10.8 Å². The molecule has 0 aromatic rings. The van der Waals surface area contributed by atoms with Crippen molar-refractivity contribution in [1.29, 1.82) is 0 Å². The summed E-state index contributed by atoms with van der Waals surface area (Å²) in [6.45, 7) is 4.52. The van der Waals surface area contributed by atoms with E-state index >= 15 is 0 Å². The van der Waals surface area contributed by atoms with Gasteiger partial charge in [0.2, 0.25) is 0 Å². The van der Waals surface area contributed by atoms with Crippen molar-refractivity contribution in [2.45, 2.75) is 50.0 Å². The molecule has 0 saturated heterocycles. The minimum atomic E-state index is -0.477. The minimum Gasteiger partial charge on any atom is -0.259 e. The van der Waals surface area contributed by atoms with Crippen molar-refractivity contribution < 1.29 is 4.21 Å². The van der Waals surface area contributed by atoms with Gasteiger partial charge in [0.25, 0.3) is 0 Å². The van der Waals surface area contributed by atoms with Gasteiger partial charge in [-0.2, -0.15) is 0 Å². The molecule has 0 aromatic heterocycles. The summed E-state index contributed by atoms with van der Waals surface area (Å²) in [5.74, 6) is 1.69. The van der Waals surface area contributed by atoms with Crippen LogP contribution in [-0.4, -0.2) is 14.7 Å². The molecule has 0 atom stereocenters. The maximum absolute atomic E-state index is 11.8.